The summed E-state index contributed by atoms with van der Waals surface area (Å²) >= 11 is 0. The van der Waals surface area contributed by atoms with Crippen LogP contribution in [-0.2, 0) is 11.3 Å². The molecule has 2 atom stereocenters. The van der Waals surface area contributed by atoms with E-state index < -0.39 is 4.92 Å². The number of hydrogen-bond acceptors (Lipinski definition) is 4. The molecule has 0 fully saturated rings. The number of anilines is 1. The number of amides is 1. The number of hydrogen-bond donors (Lipinski definition) is 2. The number of methoxy groups -OCH3 is 1. The van der Waals surface area contributed by atoms with Crippen molar-refractivity contribution >= 4 is 17.3 Å². The summed E-state index contributed by atoms with van der Waals surface area (Å²) in [6.45, 7) is 6.70. The van der Waals surface area contributed by atoms with Gasteiger partial charge in [0.2, 0.25) is 0 Å². The molecule has 2 aromatic rings. The second-order valence-electron chi connectivity index (χ2n) is 6.81. The summed E-state index contributed by atoms with van der Waals surface area (Å²) < 4.78 is 5.17. The number of quaternary nitrogens is 1. The monoisotopic (exact) mass is 372 g/mol. The molecule has 2 rings (SSSR count). The number of carbonyl (C=O) groups is 1. The Morgan fingerprint density at radius 2 is 1.96 bits per heavy atom. The largest absolute Gasteiger partial charge is 0.494 e. The van der Waals surface area contributed by atoms with E-state index in [9.17, 15) is 14.9 Å². The van der Waals surface area contributed by atoms with Crippen LogP contribution in [0.15, 0.2) is 36.4 Å². The molecule has 0 aliphatic rings. The average molecular weight is 372 g/mol. The number of ether oxygens (including phenoxy) is 1. The minimum Gasteiger partial charge on any atom is -0.494 e. The maximum atomic E-state index is 12.6. The number of nitro benzene ring substituents is 1. The average Bonchev–Trinajstić information content (AvgIpc) is 2.63. The van der Waals surface area contributed by atoms with E-state index in [1.165, 1.54) is 42.0 Å². The minimum absolute atomic E-state index is 0.0875. The molecule has 0 aliphatic carbocycles. The molecule has 1 amide bonds. The third kappa shape index (κ3) is 5.04. The van der Waals surface area contributed by atoms with Crippen molar-refractivity contribution in [1.29, 1.82) is 0 Å². The Morgan fingerprint density at radius 1 is 1.26 bits per heavy atom. The van der Waals surface area contributed by atoms with E-state index in [1.807, 2.05) is 14.0 Å². The standard InChI is InChI=1S/C20H25N3O4/c1-13-6-7-16(14(2)10-13)12-22(4)15(3)20(24)21-18-9-8-17(23(25)26)11-19(18)27-5/h6-11,15H,12H2,1-5H3,(H,21,24)/p+1/t15-/m1/s1. The predicted molar refractivity (Wildman–Crippen MR) is 104 cm³/mol. The third-order valence-electron chi connectivity index (χ3n) is 4.75. The predicted octanol–water partition coefficient (Wildman–Crippen LogP) is 2.26. The highest BCUT2D eigenvalue weighted by Gasteiger charge is 2.24. The first-order chi connectivity index (χ1) is 12.7. The number of carbonyl (C=O) groups excluding carboxylic acids is 1. The van der Waals surface area contributed by atoms with Crippen molar-refractivity contribution in [3.8, 4) is 5.75 Å². The smallest absolute Gasteiger partial charge is 0.282 e. The first kappa shape index (κ1) is 20.4. The van der Waals surface area contributed by atoms with Crippen LogP contribution in [0.3, 0.4) is 0 Å². The Labute approximate surface area is 159 Å². The topological polar surface area (TPSA) is 85.9 Å². The molecular weight excluding hydrogens is 346 g/mol. The minimum atomic E-state index is -0.501. The van der Waals surface area contributed by atoms with E-state index in [4.69, 9.17) is 4.74 Å². The quantitative estimate of drug-likeness (QED) is 0.577. The summed E-state index contributed by atoms with van der Waals surface area (Å²) in [5.74, 6) is 0.0844. The molecule has 0 aromatic heterocycles. The van der Waals surface area contributed by atoms with E-state index >= 15 is 0 Å². The van der Waals surface area contributed by atoms with Crippen LogP contribution in [0.4, 0.5) is 11.4 Å². The molecule has 2 N–H and O–H groups in total. The zero-order chi connectivity index (χ0) is 20.1. The molecule has 0 saturated carbocycles. The fourth-order valence-electron chi connectivity index (χ4n) is 2.86. The highest BCUT2D eigenvalue weighted by molar-refractivity contribution is 5.95. The number of rotatable bonds is 7. The van der Waals surface area contributed by atoms with Crippen molar-refractivity contribution in [3.05, 3.63) is 63.2 Å². The normalized spacial score (nSPS) is 12.9. The van der Waals surface area contributed by atoms with Crippen LogP contribution in [0, 0.1) is 24.0 Å². The molecule has 2 aromatic carbocycles. The Bertz CT molecular complexity index is 851. The van der Waals surface area contributed by atoms with Gasteiger partial charge in [-0.2, -0.15) is 0 Å². The second-order valence-corrected chi connectivity index (χ2v) is 6.81. The van der Waals surface area contributed by atoms with E-state index in [2.05, 4.69) is 37.4 Å². The fourth-order valence-corrected chi connectivity index (χ4v) is 2.86. The number of aryl methyl sites for hydroxylation is 2. The molecule has 7 nitrogen and oxygen atoms in total. The maximum absolute atomic E-state index is 12.6. The molecule has 0 heterocycles. The van der Waals surface area contributed by atoms with Crippen LogP contribution in [0.25, 0.3) is 0 Å². The van der Waals surface area contributed by atoms with Gasteiger partial charge in [0, 0.05) is 11.6 Å². The van der Waals surface area contributed by atoms with Crippen molar-refractivity contribution in [1.82, 2.24) is 0 Å². The van der Waals surface area contributed by atoms with Crippen LogP contribution in [0.5, 0.6) is 5.75 Å². The molecule has 7 heteroatoms. The Balaban J connectivity index is 2.09. The van der Waals surface area contributed by atoms with Crippen LogP contribution in [0.2, 0.25) is 0 Å². The molecule has 144 valence electrons. The maximum Gasteiger partial charge on any atom is 0.282 e. The van der Waals surface area contributed by atoms with Gasteiger partial charge in [0.15, 0.2) is 6.04 Å². The summed E-state index contributed by atoms with van der Waals surface area (Å²) in [6.07, 6.45) is 0. The van der Waals surface area contributed by atoms with Crippen molar-refractivity contribution < 1.29 is 19.4 Å². The summed E-state index contributed by atoms with van der Waals surface area (Å²) in [5.41, 5.74) is 3.95. The first-order valence-electron chi connectivity index (χ1n) is 8.74. The summed E-state index contributed by atoms with van der Waals surface area (Å²) in [6, 6.07) is 10.1. The second kappa shape index (κ2) is 8.64. The lowest BCUT2D eigenvalue weighted by atomic mass is 10.0. The number of nitrogens with zero attached hydrogens (tertiary/aromatic N) is 1. The van der Waals surface area contributed by atoms with Crippen molar-refractivity contribution in [2.24, 2.45) is 0 Å². The zero-order valence-electron chi connectivity index (χ0n) is 16.3. The van der Waals surface area contributed by atoms with Gasteiger partial charge >= 0.3 is 0 Å². The highest BCUT2D eigenvalue weighted by atomic mass is 16.6. The van der Waals surface area contributed by atoms with Gasteiger partial charge in [0.05, 0.1) is 30.8 Å². The molecule has 1 unspecified atom stereocenters. The van der Waals surface area contributed by atoms with Crippen LogP contribution in [0.1, 0.15) is 23.6 Å². The highest BCUT2D eigenvalue weighted by Crippen LogP contribution is 2.28. The SMILES string of the molecule is COc1cc([N+](=O)[O-])ccc1NC(=O)[C@@H](C)[NH+](C)Cc1ccc(C)cc1C. The molecule has 0 bridgehead atoms. The lowest BCUT2D eigenvalue weighted by molar-refractivity contribution is -0.907. The molecule has 0 radical (unpaired) electrons. The Morgan fingerprint density at radius 3 is 2.56 bits per heavy atom. The number of benzene rings is 2. The third-order valence-corrected chi connectivity index (χ3v) is 4.75. The van der Waals surface area contributed by atoms with Crippen molar-refractivity contribution in [2.75, 3.05) is 19.5 Å². The molecule has 0 aliphatic heterocycles. The zero-order valence-corrected chi connectivity index (χ0v) is 16.3. The number of nitrogens with one attached hydrogen (secondary N) is 2. The number of non-ortho nitro benzene ring substituents is 1. The summed E-state index contributed by atoms with van der Waals surface area (Å²) in [7, 11) is 3.38. The first-order valence-corrected chi connectivity index (χ1v) is 8.74. The lowest BCUT2D eigenvalue weighted by Crippen LogP contribution is -3.12. The van der Waals surface area contributed by atoms with Crippen LogP contribution in [-0.4, -0.2) is 31.0 Å². The van der Waals surface area contributed by atoms with Gasteiger partial charge in [0.1, 0.15) is 12.3 Å². The van der Waals surface area contributed by atoms with Gasteiger partial charge in [-0.3, -0.25) is 14.9 Å². The van der Waals surface area contributed by atoms with Crippen molar-refractivity contribution in [3.63, 3.8) is 0 Å². The van der Waals surface area contributed by atoms with E-state index in [-0.39, 0.29) is 23.4 Å². The van der Waals surface area contributed by atoms with Gasteiger partial charge in [-0.05, 0) is 32.4 Å². The van der Waals surface area contributed by atoms with Crippen LogP contribution < -0.4 is 15.0 Å². The van der Waals surface area contributed by atoms with Gasteiger partial charge < -0.3 is 15.0 Å². The molecular formula is C20H26N3O4+. The van der Waals surface area contributed by atoms with E-state index in [1.54, 1.807) is 0 Å². The fraction of sp³-hybridized carbons (Fsp3) is 0.350. The van der Waals surface area contributed by atoms with Crippen LogP contribution >= 0.6 is 0 Å². The van der Waals surface area contributed by atoms with Gasteiger partial charge in [-0.1, -0.05) is 23.8 Å². The summed E-state index contributed by atoms with van der Waals surface area (Å²) in [4.78, 5) is 24.1. The van der Waals surface area contributed by atoms with Gasteiger partial charge in [-0.25, -0.2) is 0 Å². The Kier molecular flexibility index (Phi) is 6.52. The van der Waals surface area contributed by atoms with E-state index in [0.717, 1.165) is 11.4 Å². The van der Waals surface area contributed by atoms with Gasteiger partial charge in [0.25, 0.3) is 11.6 Å². The lowest BCUT2D eigenvalue weighted by Gasteiger charge is -2.22. The number of nitro groups is 1. The molecule has 0 spiro atoms. The summed E-state index contributed by atoms with van der Waals surface area (Å²) in [5, 5.41) is 13.7. The van der Waals surface area contributed by atoms with Gasteiger partial charge in [-0.15, -0.1) is 0 Å². The Hall–Kier alpha value is -2.93. The van der Waals surface area contributed by atoms with Crippen molar-refractivity contribution in [2.45, 2.75) is 33.4 Å². The molecule has 27 heavy (non-hydrogen) atoms. The van der Waals surface area contributed by atoms with E-state index in [0.29, 0.717) is 5.69 Å². The number of likely N-dealkylation sites (N-methyl/N-ethyl adjacent to an activating group) is 1. The molecule has 0 saturated heterocycles.